The number of likely N-dealkylation sites (N-methyl/N-ethyl adjacent to an activating group) is 1. The summed E-state index contributed by atoms with van der Waals surface area (Å²) in [5, 5.41) is 6.35. The van der Waals surface area contributed by atoms with E-state index < -0.39 is 0 Å². The second-order valence-corrected chi connectivity index (χ2v) is 8.23. The number of aliphatic imine (C=N–C) groups is 1. The second kappa shape index (κ2) is 13.1. The number of ether oxygens (including phenoxy) is 2. The van der Waals surface area contributed by atoms with Crippen LogP contribution in [-0.2, 0) is 17.9 Å². The third kappa shape index (κ3) is 10.2. The van der Waals surface area contributed by atoms with E-state index >= 15 is 0 Å². The average molecular weight is 555 g/mol. The van der Waals surface area contributed by atoms with Crippen molar-refractivity contribution < 1.29 is 14.3 Å². The molecule has 0 saturated heterocycles. The van der Waals surface area contributed by atoms with Crippen molar-refractivity contribution >= 4 is 35.8 Å². The Labute approximate surface area is 207 Å². The summed E-state index contributed by atoms with van der Waals surface area (Å²) in [6, 6.07) is 11.5. The Kier molecular flexibility index (Phi) is 11.2. The zero-order chi connectivity index (χ0) is 22.9. The Bertz CT molecular complexity index is 863. The Morgan fingerprint density at radius 3 is 2.25 bits per heavy atom. The maximum atomic E-state index is 12.0. The minimum atomic E-state index is -0.298. The lowest BCUT2D eigenvalue weighted by Crippen LogP contribution is -2.42. The van der Waals surface area contributed by atoms with Crippen LogP contribution >= 0.6 is 24.0 Å². The van der Waals surface area contributed by atoms with Gasteiger partial charge in [0.1, 0.15) is 11.4 Å². The molecule has 0 fully saturated rings. The van der Waals surface area contributed by atoms with E-state index in [0.29, 0.717) is 24.9 Å². The van der Waals surface area contributed by atoms with E-state index in [0.717, 1.165) is 16.9 Å². The van der Waals surface area contributed by atoms with Crippen LogP contribution in [0.25, 0.3) is 0 Å². The molecule has 0 spiro atoms. The molecule has 0 radical (unpaired) electrons. The molecular formula is C23H34IN5O3. The number of guanidine groups is 1. The van der Waals surface area contributed by atoms with Crippen LogP contribution in [0.3, 0.4) is 0 Å². The average Bonchev–Trinajstić information content (AvgIpc) is 2.73. The number of benzene rings is 1. The first-order valence-corrected chi connectivity index (χ1v) is 10.2. The zero-order valence-electron chi connectivity index (χ0n) is 19.6. The van der Waals surface area contributed by atoms with Gasteiger partial charge in [-0.15, -0.1) is 24.0 Å². The first kappa shape index (κ1) is 27.5. The maximum Gasteiger partial charge on any atom is 0.241 e. The van der Waals surface area contributed by atoms with Crippen LogP contribution in [-0.4, -0.2) is 55.1 Å². The number of rotatable bonds is 8. The Balaban J connectivity index is 0.00000512. The number of amides is 1. The molecule has 2 N–H and O–H groups in total. The van der Waals surface area contributed by atoms with Crippen LogP contribution in [0.15, 0.2) is 47.6 Å². The van der Waals surface area contributed by atoms with E-state index in [4.69, 9.17) is 9.47 Å². The van der Waals surface area contributed by atoms with Gasteiger partial charge in [-0.1, -0.05) is 18.2 Å². The third-order valence-electron chi connectivity index (χ3n) is 4.15. The van der Waals surface area contributed by atoms with E-state index in [9.17, 15) is 4.79 Å². The fourth-order valence-electron chi connectivity index (χ4n) is 2.47. The van der Waals surface area contributed by atoms with Gasteiger partial charge < -0.3 is 25.0 Å². The molecular weight excluding hydrogens is 521 g/mol. The number of halogens is 1. The molecule has 32 heavy (non-hydrogen) atoms. The van der Waals surface area contributed by atoms with Crippen LogP contribution < -0.4 is 20.1 Å². The number of carbonyl (C=O) groups is 1. The van der Waals surface area contributed by atoms with Crippen LogP contribution in [0.4, 0.5) is 0 Å². The molecule has 2 rings (SSSR count). The van der Waals surface area contributed by atoms with Gasteiger partial charge in [0.05, 0.1) is 20.2 Å². The van der Waals surface area contributed by atoms with Crippen molar-refractivity contribution in [3.05, 3.63) is 53.7 Å². The lowest BCUT2D eigenvalue weighted by Gasteiger charge is -2.20. The number of carbonyl (C=O) groups excluding carboxylic acids is 1. The third-order valence-corrected chi connectivity index (χ3v) is 4.15. The summed E-state index contributed by atoms with van der Waals surface area (Å²) in [7, 11) is 5.08. The van der Waals surface area contributed by atoms with E-state index in [2.05, 4.69) is 20.6 Å². The van der Waals surface area contributed by atoms with Gasteiger partial charge in [0.25, 0.3) is 0 Å². The van der Waals surface area contributed by atoms with Crippen LogP contribution in [0.5, 0.6) is 11.6 Å². The number of aromatic nitrogens is 1. The molecule has 8 nitrogen and oxygen atoms in total. The van der Waals surface area contributed by atoms with E-state index in [1.165, 1.54) is 4.90 Å². The maximum absolute atomic E-state index is 12.0. The molecule has 1 aromatic carbocycles. The van der Waals surface area contributed by atoms with E-state index in [1.54, 1.807) is 27.4 Å². The van der Waals surface area contributed by atoms with Crippen molar-refractivity contribution in [3.63, 3.8) is 0 Å². The van der Waals surface area contributed by atoms with Crippen molar-refractivity contribution in [2.45, 2.75) is 39.5 Å². The van der Waals surface area contributed by atoms with Crippen molar-refractivity contribution in [2.75, 3.05) is 27.7 Å². The SMILES string of the molecule is COc1ccc(CNC(=NCc2ccc(OC(C)(C)C)nc2)NCC(=O)N(C)C)cc1.I. The molecule has 0 unspecified atom stereocenters. The van der Waals surface area contributed by atoms with Gasteiger partial charge in [-0.05, 0) is 44.0 Å². The lowest BCUT2D eigenvalue weighted by atomic mass is 10.2. The summed E-state index contributed by atoms with van der Waals surface area (Å²) >= 11 is 0. The molecule has 2 aromatic rings. The number of nitrogens with one attached hydrogen (secondary N) is 2. The smallest absolute Gasteiger partial charge is 0.241 e. The van der Waals surface area contributed by atoms with Gasteiger partial charge in [0, 0.05) is 32.9 Å². The highest BCUT2D eigenvalue weighted by molar-refractivity contribution is 14.0. The Morgan fingerprint density at radius 2 is 1.72 bits per heavy atom. The molecule has 0 aliphatic rings. The highest BCUT2D eigenvalue weighted by atomic mass is 127. The number of methoxy groups -OCH3 is 1. The van der Waals surface area contributed by atoms with Crippen molar-refractivity contribution in [1.29, 1.82) is 0 Å². The van der Waals surface area contributed by atoms with Gasteiger partial charge in [0.15, 0.2) is 5.96 Å². The van der Waals surface area contributed by atoms with Crippen LogP contribution in [0, 0.1) is 0 Å². The summed E-state index contributed by atoms with van der Waals surface area (Å²) in [5.74, 6) is 1.89. The summed E-state index contributed by atoms with van der Waals surface area (Å²) in [4.78, 5) is 22.4. The summed E-state index contributed by atoms with van der Waals surface area (Å²) in [6.07, 6.45) is 1.75. The highest BCUT2D eigenvalue weighted by Crippen LogP contribution is 2.15. The monoisotopic (exact) mass is 555 g/mol. The fourth-order valence-corrected chi connectivity index (χ4v) is 2.47. The van der Waals surface area contributed by atoms with Gasteiger partial charge in [-0.2, -0.15) is 0 Å². The summed E-state index contributed by atoms with van der Waals surface area (Å²) < 4.78 is 10.9. The number of nitrogens with zero attached hydrogens (tertiary/aromatic N) is 3. The molecule has 0 aliphatic heterocycles. The first-order chi connectivity index (χ1) is 14.7. The highest BCUT2D eigenvalue weighted by Gasteiger charge is 2.12. The number of pyridine rings is 1. The van der Waals surface area contributed by atoms with Crippen molar-refractivity contribution in [3.8, 4) is 11.6 Å². The Hall–Kier alpha value is -2.56. The van der Waals surface area contributed by atoms with Gasteiger partial charge in [-0.3, -0.25) is 4.79 Å². The molecule has 0 saturated carbocycles. The lowest BCUT2D eigenvalue weighted by molar-refractivity contribution is -0.127. The molecule has 0 aliphatic carbocycles. The first-order valence-electron chi connectivity index (χ1n) is 10.2. The van der Waals surface area contributed by atoms with Gasteiger partial charge in [0.2, 0.25) is 11.8 Å². The fraction of sp³-hybridized carbons (Fsp3) is 0.435. The van der Waals surface area contributed by atoms with Crippen molar-refractivity contribution in [1.82, 2.24) is 20.5 Å². The predicted octanol–water partition coefficient (Wildman–Crippen LogP) is 3.21. The molecule has 0 bridgehead atoms. The second-order valence-electron chi connectivity index (χ2n) is 8.23. The summed E-state index contributed by atoms with van der Waals surface area (Å²) in [6.45, 7) is 7.06. The van der Waals surface area contributed by atoms with E-state index in [-0.39, 0.29) is 42.0 Å². The van der Waals surface area contributed by atoms with Gasteiger partial charge >= 0.3 is 0 Å². The largest absolute Gasteiger partial charge is 0.497 e. The Morgan fingerprint density at radius 1 is 1.06 bits per heavy atom. The minimum Gasteiger partial charge on any atom is -0.497 e. The zero-order valence-corrected chi connectivity index (χ0v) is 22.0. The number of hydrogen-bond acceptors (Lipinski definition) is 5. The summed E-state index contributed by atoms with van der Waals surface area (Å²) in [5.41, 5.74) is 1.71. The number of hydrogen-bond donors (Lipinski definition) is 2. The quantitative estimate of drug-likeness (QED) is 0.296. The van der Waals surface area contributed by atoms with E-state index in [1.807, 2.05) is 57.2 Å². The standard InChI is InChI=1S/C23H33N5O3.HI/c1-23(2,3)31-20-12-9-18(14-24-20)15-26-22(27-16-21(29)28(4)5)25-13-17-7-10-19(30-6)11-8-17;/h7-12,14H,13,15-16H2,1-6H3,(H2,25,26,27);1H. The molecule has 1 aromatic heterocycles. The normalized spacial score (nSPS) is 11.2. The molecule has 176 valence electrons. The van der Waals surface area contributed by atoms with Gasteiger partial charge in [-0.25, -0.2) is 9.98 Å². The minimum absolute atomic E-state index is 0. The molecule has 9 heteroatoms. The molecule has 1 amide bonds. The predicted molar refractivity (Wildman–Crippen MR) is 138 cm³/mol. The molecule has 0 atom stereocenters. The van der Waals surface area contributed by atoms with Crippen LogP contribution in [0.2, 0.25) is 0 Å². The van der Waals surface area contributed by atoms with Crippen molar-refractivity contribution in [2.24, 2.45) is 4.99 Å². The molecule has 1 heterocycles. The van der Waals surface area contributed by atoms with Crippen LogP contribution in [0.1, 0.15) is 31.9 Å². The topological polar surface area (TPSA) is 88.1 Å².